The van der Waals surface area contributed by atoms with Gasteiger partial charge in [-0.1, -0.05) is 19.1 Å². The predicted molar refractivity (Wildman–Crippen MR) is 91.4 cm³/mol. The number of β-amino-alcohol motifs (C(OH)–C–C–N with tert-alkyl or cyclic N) is 1. The zero-order valence-corrected chi connectivity index (χ0v) is 13.8. The highest BCUT2D eigenvalue weighted by Crippen LogP contribution is 2.29. The molecule has 1 aromatic heterocycles. The molecular formula is C18H24FN3O. The predicted octanol–water partition coefficient (Wildman–Crippen LogP) is 2.58. The van der Waals surface area contributed by atoms with Crippen molar-refractivity contribution >= 4 is 16.6 Å². The lowest BCUT2D eigenvalue weighted by molar-refractivity contribution is 0.106. The molecule has 1 N–H and O–H groups in total. The van der Waals surface area contributed by atoms with Gasteiger partial charge in [-0.15, -0.1) is 0 Å². The minimum absolute atomic E-state index is 0.250. The van der Waals surface area contributed by atoms with Crippen LogP contribution in [0.5, 0.6) is 0 Å². The van der Waals surface area contributed by atoms with Gasteiger partial charge in [0.25, 0.3) is 0 Å². The maximum Gasteiger partial charge on any atom is 0.149 e. The van der Waals surface area contributed by atoms with E-state index in [0.717, 1.165) is 55.9 Å². The summed E-state index contributed by atoms with van der Waals surface area (Å²) in [4.78, 5) is 8.94. The van der Waals surface area contributed by atoms with Crippen molar-refractivity contribution in [3.8, 4) is 0 Å². The van der Waals surface area contributed by atoms with Gasteiger partial charge in [-0.25, -0.2) is 9.37 Å². The van der Waals surface area contributed by atoms with Gasteiger partial charge in [-0.05, 0) is 25.5 Å². The molecular weight excluding hydrogens is 293 g/mol. The Morgan fingerprint density at radius 2 is 2.00 bits per heavy atom. The maximum absolute atomic E-state index is 14.0. The number of aromatic nitrogens is 1. The molecule has 124 valence electrons. The number of pyridine rings is 1. The summed E-state index contributed by atoms with van der Waals surface area (Å²) in [6.45, 7) is 8.22. The molecule has 3 rings (SSSR count). The first-order valence-corrected chi connectivity index (χ1v) is 8.29. The second-order valence-electron chi connectivity index (χ2n) is 6.27. The summed E-state index contributed by atoms with van der Waals surface area (Å²) < 4.78 is 14.0. The summed E-state index contributed by atoms with van der Waals surface area (Å²) >= 11 is 0. The number of nitrogens with zero attached hydrogens (tertiary/aromatic N) is 3. The maximum atomic E-state index is 14.0. The van der Waals surface area contributed by atoms with E-state index in [1.807, 2.05) is 26.0 Å². The molecule has 2 heterocycles. The highest BCUT2D eigenvalue weighted by atomic mass is 19.1. The van der Waals surface area contributed by atoms with E-state index in [4.69, 9.17) is 0 Å². The molecule has 23 heavy (non-hydrogen) atoms. The molecule has 0 aliphatic carbocycles. The molecule has 1 aromatic carbocycles. The average Bonchev–Trinajstić information content (AvgIpc) is 2.56. The van der Waals surface area contributed by atoms with Crippen LogP contribution in [-0.4, -0.2) is 53.8 Å². The van der Waals surface area contributed by atoms with E-state index in [2.05, 4.69) is 14.8 Å². The fraction of sp³-hybridized carbons (Fsp3) is 0.500. The van der Waals surface area contributed by atoms with E-state index in [-0.39, 0.29) is 11.9 Å². The van der Waals surface area contributed by atoms with Gasteiger partial charge in [-0.2, -0.15) is 0 Å². The number of halogens is 1. The minimum Gasteiger partial charge on any atom is -0.392 e. The highest BCUT2D eigenvalue weighted by Gasteiger charge is 2.21. The van der Waals surface area contributed by atoms with Crippen LogP contribution in [0.4, 0.5) is 10.1 Å². The van der Waals surface area contributed by atoms with E-state index in [1.165, 1.54) is 6.07 Å². The molecule has 1 unspecified atom stereocenters. The molecule has 5 heteroatoms. The lowest BCUT2D eigenvalue weighted by Crippen LogP contribution is -2.48. The third-order valence-corrected chi connectivity index (χ3v) is 4.55. The Labute approximate surface area is 136 Å². The summed E-state index contributed by atoms with van der Waals surface area (Å²) in [6, 6.07) is 7.18. The van der Waals surface area contributed by atoms with Crippen LogP contribution < -0.4 is 4.90 Å². The van der Waals surface area contributed by atoms with Gasteiger partial charge in [0.15, 0.2) is 0 Å². The number of aryl methyl sites for hydroxylation is 1. The summed E-state index contributed by atoms with van der Waals surface area (Å²) in [5, 5.41) is 10.7. The molecule has 0 spiro atoms. The average molecular weight is 317 g/mol. The lowest BCUT2D eigenvalue weighted by atomic mass is 10.1. The Morgan fingerprint density at radius 1 is 1.26 bits per heavy atom. The van der Waals surface area contributed by atoms with Crippen LogP contribution in [0.2, 0.25) is 0 Å². The van der Waals surface area contributed by atoms with Gasteiger partial charge in [0, 0.05) is 49.5 Å². The summed E-state index contributed by atoms with van der Waals surface area (Å²) in [5.74, 6) is -0.267. The Hall–Kier alpha value is -1.72. The molecule has 2 aromatic rings. The first kappa shape index (κ1) is 16.1. The number of benzene rings is 1. The van der Waals surface area contributed by atoms with Crippen molar-refractivity contribution in [2.75, 3.05) is 37.6 Å². The molecule has 1 fully saturated rings. The number of fused-ring (bicyclic) bond motifs is 1. The number of anilines is 1. The van der Waals surface area contributed by atoms with Crippen LogP contribution in [0.25, 0.3) is 10.9 Å². The second kappa shape index (κ2) is 6.81. The molecule has 4 nitrogen and oxygen atoms in total. The summed E-state index contributed by atoms with van der Waals surface area (Å²) in [6.07, 6.45) is 0.535. The molecule has 0 amide bonds. The van der Waals surface area contributed by atoms with E-state index in [1.54, 1.807) is 6.07 Å². The molecule has 1 aliphatic rings. The Balaban J connectivity index is 1.81. The topological polar surface area (TPSA) is 39.6 Å². The SMILES string of the molecule is CCC(O)CN1CCN(c2cc(C)nc3c(F)cccc23)CC1. The first-order valence-electron chi connectivity index (χ1n) is 8.29. The van der Waals surface area contributed by atoms with Gasteiger partial charge >= 0.3 is 0 Å². The van der Waals surface area contributed by atoms with Crippen LogP contribution in [0.15, 0.2) is 24.3 Å². The zero-order chi connectivity index (χ0) is 16.4. The van der Waals surface area contributed by atoms with Crippen LogP contribution in [0, 0.1) is 12.7 Å². The number of hydrogen-bond donors (Lipinski definition) is 1. The highest BCUT2D eigenvalue weighted by molar-refractivity contribution is 5.92. The van der Waals surface area contributed by atoms with Crippen molar-refractivity contribution in [3.63, 3.8) is 0 Å². The number of rotatable bonds is 4. The van der Waals surface area contributed by atoms with Crippen molar-refractivity contribution in [1.29, 1.82) is 0 Å². The van der Waals surface area contributed by atoms with E-state index < -0.39 is 0 Å². The van der Waals surface area contributed by atoms with Crippen molar-refractivity contribution < 1.29 is 9.50 Å². The monoisotopic (exact) mass is 317 g/mol. The first-order chi connectivity index (χ1) is 11.1. The van der Waals surface area contributed by atoms with E-state index in [0.29, 0.717) is 5.52 Å². The van der Waals surface area contributed by atoms with E-state index in [9.17, 15) is 9.50 Å². The third kappa shape index (κ3) is 3.46. The minimum atomic E-state index is -0.267. The fourth-order valence-electron chi connectivity index (χ4n) is 3.18. The number of aliphatic hydroxyl groups is 1. The smallest absolute Gasteiger partial charge is 0.149 e. The van der Waals surface area contributed by atoms with Crippen LogP contribution >= 0.6 is 0 Å². The molecule has 0 bridgehead atoms. The Kier molecular flexibility index (Phi) is 4.78. The second-order valence-corrected chi connectivity index (χ2v) is 6.27. The number of para-hydroxylation sites is 1. The summed E-state index contributed by atoms with van der Waals surface area (Å²) in [7, 11) is 0. The van der Waals surface area contributed by atoms with Crippen LogP contribution in [-0.2, 0) is 0 Å². The van der Waals surface area contributed by atoms with Crippen molar-refractivity contribution in [3.05, 3.63) is 35.8 Å². The van der Waals surface area contributed by atoms with Crippen LogP contribution in [0.1, 0.15) is 19.0 Å². The van der Waals surface area contributed by atoms with Gasteiger partial charge in [0.1, 0.15) is 11.3 Å². The van der Waals surface area contributed by atoms with Gasteiger partial charge in [0.2, 0.25) is 0 Å². The molecule has 0 saturated carbocycles. The van der Waals surface area contributed by atoms with Crippen molar-refractivity contribution in [2.24, 2.45) is 0 Å². The Morgan fingerprint density at radius 3 is 2.70 bits per heavy atom. The number of piperazine rings is 1. The molecule has 1 aliphatic heterocycles. The van der Waals surface area contributed by atoms with Crippen molar-refractivity contribution in [1.82, 2.24) is 9.88 Å². The molecule has 1 atom stereocenters. The van der Waals surface area contributed by atoms with E-state index >= 15 is 0 Å². The quantitative estimate of drug-likeness (QED) is 0.941. The largest absolute Gasteiger partial charge is 0.392 e. The Bertz CT molecular complexity index is 683. The third-order valence-electron chi connectivity index (χ3n) is 4.55. The normalized spacial score (nSPS) is 17.7. The number of hydrogen-bond acceptors (Lipinski definition) is 4. The van der Waals surface area contributed by atoms with Crippen molar-refractivity contribution in [2.45, 2.75) is 26.4 Å². The lowest BCUT2D eigenvalue weighted by Gasteiger charge is -2.37. The van der Waals surface area contributed by atoms with Gasteiger partial charge in [-0.3, -0.25) is 4.90 Å². The van der Waals surface area contributed by atoms with Gasteiger partial charge < -0.3 is 10.0 Å². The molecule has 0 radical (unpaired) electrons. The standard InChI is InChI=1S/C18H24FN3O/c1-3-14(23)12-21-7-9-22(10-8-21)17-11-13(2)20-18-15(17)5-4-6-16(18)19/h4-6,11,14,23H,3,7-10,12H2,1-2H3. The summed E-state index contributed by atoms with van der Waals surface area (Å²) in [5.41, 5.74) is 2.34. The van der Waals surface area contributed by atoms with Crippen LogP contribution in [0.3, 0.4) is 0 Å². The number of aliphatic hydroxyl groups excluding tert-OH is 1. The zero-order valence-electron chi connectivity index (χ0n) is 13.8. The fourth-order valence-corrected chi connectivity index (χ4v) is 3.18. The molecule has 1 saturated heterocycles. The van der Waals surface area contributed by atoms with Gasteiger partial charge in [0.05, 0.1) is 6.10 Å².